The smallest absolute Gasteiger partial charge is 0.0126 e. The Morgan fingerprint density at radius 3 is 2.91 bits per heavy atom. The first-order chi connectivity index (χ1) is 5.31. The van der Waals surface area contributed by atoms with E-state index in [1.807, 2.05) is 25.2 Å². The predicted molar refractivity (Wildman–Crippen MR) is 50.2 cm³/mol. The van der Waals surface area contributed by atoms with Crippen molar-refractivity contribution in [1.29, 1.82) is 0 Å². The molecule has 0 nitrogen and oxygen atoms in total. The minimum Gasteiger partial charge on any atom is -0.125 e. The second kappa shape index (κ2) is 7.11. The van der Waals surface area contributed by atoms with Gasteiger partial charge in [-0.2, -0.15) is 0 Å². The fourth-order valence-electron chi connectivity index (χ4n) is 0.834. The largest absolute Gasteiger partial charge is 0.125 e. The first-order valence-corrected chi connectivity index (χ1v) is 3.89. The number of rotatable bonds is 5. The van der Waals surface area contributed by atoms with Crippen molar-refractivity contribution >= 4 is 0 Å². The van der Waals surface area contributed by atoms with Crippen molar-refractivity contribution in [3.8, 4) is 0 Å². The van der Waals surface area contributed by atoms with Gasteiger partial charge in [-0.1, -0.05) is 24.3 Å². The number of allylic oxidation sites excluding steroid dienone is 4. The molecule has 0 fully saturated rings. The second-order valence-corrected chi connectivity index (χ2v) is 2.42. The van der Waals surface area contributed by atoms with E-state index in [4.69, 9.17) is 6.58 Å². The van der Waals surface area contributed by atoms with Gasteiger partial charge in [0.15, 0.2) is 0 Å². The Labute approximate surface area is 69.6 Å². The van der Waals surface area contributed by atoms with Gasteiger partial charge in [-0.25, -0.2) is 0 Å². The lowest BCUT2D eigenvalue weighted by Gasteiger charge is -1.95. The Morgan fingerprint density at radius 1 is 1.64 bits per heavy atom. The molecule has 0 heterocycles. The zero-order chi connectivity index (χ0) is 8.53. The molecule has 0 spiro atoms. The fraction of sp³-hybridized carbons (Fsp3) is 0.364. The normalized spacial score (nSPS) is 9.55. The molecule has 0 rings (SSSR count). The van der Waals surface area contributed by atoms with Crippen LogP contribution in [0.5, 0.6) is 0 Å². The summed E-state index contributed by atoms with van der Waals surface area (Å²) in [7, 11) is 0. The summed E-state index contributed by atoms with van der Waals surface area (Å²) >= 11 is 0. The molecule has 1 radical (unpaired) electrons. The molecule has 0 unspecified atom stereocenters. The van der Waals surface area contributed by atoms with Crippen LogP contribution in [0, 0.1) is 6.58 Å². The molecule has 0 amide bonds. The molecule has 59 valence electrons. The first-order valence-electron chi connectivity index (χ1n) is 3.89. The maximum atomic E-state index is 5.06. The molecule has 0 saturated carbocycles. The van der Waals surface area contributed by atoms with Crippen LogP contribution < -0.4 is 0 Å². The topological polar surface area (TPSA) is 0 Å². The van der Waals surface area contributed by atoms with E-state index in [-0.39, 0.29) is 0 Å². The minimum atomic E-state index is 0.993. The van der Waals surface area contributed by atoms with Gasteiger partial charge < -0.3 is 0 Å². The second-order valence-electron chi connectivity index (χ2n) is 2.42. The highest BCUT2D eigenvalue weighted by Crippen LogP contribution is 2.06. The molecule has 0 bridgehead atoms. The average molecular weight is 147 g/mol. The zero-order valence-electron chi connectivity index (χ0n) is 7.14. The van der Waals surface area contributed by atoms with Crippen LogP contribution in [0.2, 0.25) is 0 Å². The van der Waals surface area contributed by atoms with E-state index in [0.29, 0.717) is 0 Å². The van der Waals surface area contributed by atoms with Gasteiger partial charge in [0.05, 0.1) is 0 Å². The Morgan fingerprint density at radius 2 is 2.36 bits per heavy atom. The Hall–Kier alpha value is -1.00. The SMILES string of the molecule is [CH]=C=CCCCC(=C)/C=C\C. The van der Waals surface area contributed by atoms with E-state index in [1.165, 1.54) is 5.57 Å². The lowest BCUT2D eigenvalue weighted by Crippen LogP contribution is -1.75. The van der Waals surface area contributed by atoms with Crippen LogP contribution in [0.1, 0.15) is 26.2 Å². The fourth-order valence-corrected chi connectivity index (χ4v) is 0.834. The monoisotopic (exact) mass is 147 g/mol. The van der Waals surface area contributed by atoms with Crippen molar-refractivity contribution in [3.05, 3.63) is 42.7 Å². The molecule has 0 aliphatic rings. The van der Waals surface area contributed by atoms with Crippen LogP contribution in [0.25, 0.3) is 0 Å². The third-order valence-corrected chi connectivity index (χ3v) is 1.37. The molecular weight excluding hydrogens is 132 g/mol. The van der Waals surface area contributed by atoms with Gasteiger partial charge in [-0.3, -0.25) is 0 Å². The zero-order valence-corrected chi connectivity index (χ0v) is 7.14. The molecule has 0 aromatic heterocycles. The molecule has 0 heteroatoms. The summed E-state index contributed by atoms with van der Waals surface area (Å²) in [5.41, 5.74) is 3.68. The van der Waals surface area contributed by atoms with Crippen molar-refractivity contribution in [2.24, 2.45) is 0 Å². The van der Waals surface area contributed by atoms with Crippen molar-refractivity contribution in [1.82, 2.24) is 0 Å². The maximum Gasteiger partial charge on any atom is -0.0126 e. The van der Waals surface area contributed by atoms with Crippen LogP contribution in [0.15, 0.2) is 36.1 Å². The summed E-state index contributed by atoms with van der Waals surface area (Å²) in [4.78, 5) is 0. The average Bonchev–Trinajstić information content (AvgIpc) is 1.99. The standard InChI is InChI=1S/C11H15/c1-4-6-7-8-10-11(3)9-5-2/h1,5-6,9H,3,7-8,10H2,2H3/b9-5-. The van der Waals surface area contributed by atoms with Crippen molar-refractivity contribution < 1.29 is 0 Å². The van der Waals surface area contributed by atoms with E-state index in [9.17, 15) is 0 Å². The van der Waals surface area contributed by atoms with Crippen LogP contribution in [0.3, 0.4) is 0 Å². The number of hydrogen-bond acceptors (Lipinski definition) is 0. The van der Waals surface area contributed by atoms with Gasteiger partial charge in [0, 0.05) is 0 Å². The quantitative estimate of drug-likeness (QED) is 0.317. The van der Waals surface area contributed by atoms with Crippen LogP contribution in [-0.2, 0) is 0 Å². The summed E-state index contributed by atoms with van der Waals surface area (Å²) < 4.78 is 0. The third-order valence-electron chi connectivity index (χ3n) is 1.37. The first kappa shape index (κ1) is 10.0. The summed E-state index contributed by atoms with van der Waals surface area (Å²) in [6.45, 7) is 11.0. The molecule has 0 atom stereocenters. The van der Waals surface area contributed by atoms with Gasteiger partial charge in [0.2, 0.25) is 0 Å². The molecule has 0 aliphatic heterocycles. The molecule has 0 N–H and O–H groups in total. The van der Waals surface area contributed by atoms with Gasteiger partial charge >= 0.3 is 0 Å². The highest BCUT2D eigenvalue weighted by molar-refractivity contribution is 5.13. The van der Waals surface area contributed by atoms with E-state index in [0.717, 1.165) is 19.3 Å². The number of unbranched alkanes of at least 4 members (excludes halogenated alkanes) is 1. The highest BCUT2D eigenvalue weighted by atomic mass is 13.9. The maximum absolute atomic E-state index is 5.06. The van der Waals surface area contributed by atoms with Crippen LogP contribution in [0.4, 0.5) is 0 Å². The number of hydrogen-bond donors (Lipinski definition) is 0. The van der Waals surface area contributed by atoms with E-state index in [1.54, 1.807) is 0 Å². The highest BCUT2D eigenvalue weighted by Gasteiger charge is 1.86. The summed E-state index contributed by atoms with van der Waals surface area (Å²) in [6, 6.07) is 0. The molecule has 0 aromatic rings. The van der Waals surface area contributed by atoms with Crippen molar-refractivity contribution in [2.75, 3.05) is 0 Å². The van der Waals surface area contributed by atoms with Crippen molar-refractivity contribution in [2.45, 2.75) is 26.2 Å². The van der Waals surface area contributed by atoms with E-state index >= 15 is 0 Å². The molecule has 0 aliphatic carbocycles. The minimum absolute atomic E-state index is 0.993. The van der Waals surface area contributed by atoms with Crippen LogP contribution in [-0.4, -0.2) is 0 Å². The van der Waals surface area contributed by atoms with E-state index < -0.39 is 0 Å². The van der Waals surface area contributed by atoms with Gasteiger partial charge in [0.25, 0.3) is 0 Å². The lowest BCUT2D eigenvalue weighted by molar-refractivity contribution is 0.849. The third kappa shape index (κ3) is 6.89. The Bertz CT molecular complexity index is 178. The molecule has 0 saturated heterocycles. The molecule has 11 heavy (non-hydrogen) atoms. The van der Waals surface area contributed by atoms with Gasteiger partial charge in [-0.15, -0.1) is 5.73 Å². The van der Waals surface area contributed by atoms with Crippen LogP contribution >= 0.6 is 0 Å². The van der Waals surface area contributed by atoms with E-state index in [2.05, 4.69) is 12.3 Å². The molecule has 0 aromatic carbocycles. The lowest BCUT2D eigenvalue weighted by atomic mass is 10.1. The van der Waals surface area contributed by atoms with Gasteiger partial charge in [-0.05, 0) is 38.8 Å². The predicted octanol–water partition coefficient (Wildman–Crippen LogP) is 3.43. The van der Waals surface area contributed by atoms with Crippen molar-refractivity contribution in [3.63, 3.8) is 0 Å². The summed E-state index contributed by atoms with van der Waals surface area (Å²) in [5, 5.41) is 0. The Kier molecular flexibility index (Phi) is 6.46. The summed E-state index contributed by atoms with van der Waals surface area (Å²) in [6.07, 6.45) is 9.04. The Balaban J connectivity index is 3.38. The summed E-state index contributed by atoms with van der Waals surface area (Å²) in [5.74, 6) is 0. The molecular formula is C11H15. The van der Waals surface area contributed by atoms with Gasteiger partial charge in [0.1, 0.15) is 0 Å².